The molecule has 3 N–H and O–H groups in total. The monoisotopic (exact) mass is 357 g/mol. The van der Waals surface area contributed by atoms with Gasteiger partial charge in [0.2, 0.25) is 5.95 Å². The van der Waals surface area contributed by atoms with Crippen LogP contribution in [0.15, 0.2) is 39.9 Å². The molecule has 2 aromatic heterocycles. The van der Waals surface area contributed by atoms with Gasteiger partial charge in [-0.1, -0.05) is 30.3 Å². The molecule has 3 rings (SSSR count). The largest absolute Gasteiger partial charge is 0.350 e. The van der Waals surface area contributed by atoms with Crippen molar-refractivity contribution >= 4 is 17.1 Å². The Bertz CT molecular complexity index is 1000. The van der Waals surface area contributed by atoms with E-state index in [-0.39, 0.29) is 0 Å². The Hall–Kier alpha value is -2.87. The summed E-state index contributed by atoms with van der Waals surface area (Å²) in [5.74, 6) is 0.615. The maximum absolute atomic E-state index is 12.4. The number of aryl methyl sites for hydroxylation is 3. The molecular weight excluding hydrogens is 332 g/mol. The van der Waals surface area contributed by atoms with Gasteiger partial charge in [0.1, 0.15) is 0 Å². The van der Waals surface area contributed by atoms with Crippen molar-refractivity contribution in [1.29, 1.82) is 0 Å². The fourth-order valence-corrected chi connectivity index (χ4v) is 2.90. The number of imidazole rings is 1. The Morgan fingerprint density at radius 1 is 1.19 bits per heavy atom. The van der Waals surface area contributed by atoms with Crippen molar-refractivity contribution in [2.45, 2.75) is 13.0 Å². The van der Waals surface area contributed by atoms with Crippen LogP contribution in [0.2, 0.25) is 0 Å². The van der Waals surface area contributed by atoms with Gasteiger partial charge in [-0.2, -0.15) is 4.98 Å². The molecule has 0 amide bonds. The van der Waals surface area contributed by atoms with Gasteiger partial charge in [-0.25, -0.2) is 4.79 Å². The summed E-state index contributed by atoms with van der Waals surface area (Å²) in [6.07, 6.45) is 0.766. The number of likely N-dealkylation sites (N-methyl/N-ethyl adjacent to an activating group) is 1. The number of aromatic amines is 1. The Labute approximate surface area is 151 Å². The predicted molar refractivity (Wildman–Crippen MR) is 102 cm³/mol. The first-order chi connectivity index (χ1) is 12.5. The first-order valence-corrected chi connectivity index (χ1v) is 8.73. The van der Waals surface area contributed by atoms with Crippen molar-refractivity contribution in [2.24, 2.45) is 7.05 Å². The molecule has 8 nitrogen and oxygen atoms in total. The summed E-state index contributed by atoms with van der Waals surface area (Å²) >= 11 is 0. The molecule has 0 bridgehead atoms. The van der Waals surface area contributed by atoms with Crippen LogP contribution in [-0.4, -0.2) is 46.3 Å². The van der Waals surface area contributed by atoms with Gasteiger partial charge < -0.3 is 14.8 Å². The van der Waals surface area contributed by atoms with Crippen LogP contribution in [0.3, 0.4) is 0 Å². The SMILES string of the molecule is Cn1c(=O)[nH]c(=O)c2c1nc(NCC[NH+](C)C)n2CCc1ccccc1. The summed E-state index contributed by atoms with van der Waals surface area (Å²) in [6.45, 7) is 2.24. The fourth-order valence-electron chi connectivity index (χ4n) is 2.90. The highest BCUT2D eigenvalue weighted by atomic mass is 16.2. The number of hydrogen-bond acceptors (Lipinski definition) is 4. The van der Waals surface area contributed by atoms with Gasteiger partial charge in [0.15, 0.2) is 11.2 Å². The van der Waals surface area contributed by atoms with Crippen LogP contribution >= 0.6 is 0 Å². The molecule has 0 unspecified atom stereocenters. The van der Waals surface area contributed by atoms with E-state index in [1.165, 1.54) is 15.0 Å². The molecule has 0 radical (unpaired) electrons. The molecule has 0 aliphatic heterocycles. The molecule has 2 heterocycles. The maximum Gasteiger partial charge on any atom is 0.329 e. The molecule has 0 fully saturated rings. The lowest BCUT2D eigenvalue weighted by Crippen LogP contribution is -3.06. The van der Waals surface area contributed by atoms with Crippen LogP contribution in [0, 0.1) is 0 Å². The topological polar surface area (TPSA) is 89.2 Å². The third-order valence-electron chi connectivity index (χ3n) is 4.38. The van der Waals surface area contributed by atoms with Crippen molar-refractivity contribution in [3.63, 3.8) is 0 Å². The second kappa shape index (κ2) is 7.57. The molecule has 3 aromatic rings. The van der Waals surface area contributed by atoms with E-state index in [1.54, 1.807) is 7.05 Å². The summed E-state index contributed by atoms with van der Waals surface area (Å²) in [5.41, 5.74) is 1.13. The second-order valence-corrected chi connectivity index (χ2v) is 6.70. The molecular formula is C18H25N6O2+. The van der Waals surface area contributed by atoms with E-state index in [0.29, 0.717) is 23.7 Å². The highest BCUT2D eigenvalue weighted by Gasteiger charge is 2.17. The van der Waals surface area contributed by atoms with Crippen LogP contribution in [0.25, 0.3) is 11.2 Å². The molecule has 0 aliphatic carbocycles. The number of nitrogens with one attached hydrogen (secondary N) is 3. The normalized spacial score (nSPS) is 11.4. The standard InChI is InChI=1S/C18H24N6O2/c1-22(2)12-10-19-17-20-15-14(16(25)21-18(26)23(15)3)24(17)11-9-13-7-5-4-6-8-13/h4-8H,9-12H2,1-3H3,(H,19,20)(H,21,25,26)/p+1. The summed E-state index contributed by atoms with van der Waals surface area (Å²) in [5, 5.41) is 3.31. The Kier molecular flexibility index (Phi) is 5.22. The Morgan fingerprint density at radius 3 is 2.62 bits per heavy atom. The van der Waals surface area contributed by atoms with Crippen molar-refractivity contribution < 1.29 is 4.90 Å². The number of hydrogen-bond donors (Lipinski definition) is 3. The van der Waals surface area contributed by atoms with Crippen molar-refractivity contribution in [3.05, 3.63) is 56.7 Å². The molecule has 26 heavy (non-hydrogen) atoms. The number of rotatable bonds is 7. The Balaban J connectivity index is 2.00. The first-order valence-electron chi connectivity index (χ1n) is 8.73. The third-order valence-corrected chi connectivity index (χ3v) is 4.38. The number of aromatic nitrogens is 4. The number of anilines is 1. The average molecular weight is 357 g/mol. The number of nitrogens with zero attached hydrogens (tertiary/aromatic N) is 3. The third kappa shape index (κ3) is 3.70. The van der Waals surface area contributed by atoms with Crippen LogP contribution in [0.5, 0.6) is 0 Å². The van der Waals surface area contributed by atoms with Gasteiger partial charge in [-0.05, 0) is 12.0 Å². The smallest absolute Gasteiger partial charge is 0.329 e. The minimum atomic E-state index is -0.459. The average Bonchev–Trinajstić information content (AvgIpc) is 2.98. The van der Waals surface area contributed by atoms with E-state index in [1.807, 2.05) is 22.8 Å². The van der Waals surface area contributed by atoms with Crippen molar-refractivity contribution in [3.8, 4) is 0 Å². The molecule has 0 atom stereocenters. The van der Waals surface area contributed by atoms with Gasteiger partial charge in [0, 0.05) is 13.6 Å². The minimum absolute atomic E-state index is 0.395. The number of quaternary nitrogens is 1. The molecule has 138 valence electrons. The zero-order chi connectivity index (χ0) is 18.7. The van der Waals surface area contributed by atoms with Crippen LogP contribution < -0.4 is 21.5 Å². The minimum Gasteiger partial charge on any atom is -0.350 e. The van der Waals surface area contributed by atoms with Gasteiger partial charge in [-0.3, -0.25) is 14.3 Å². The first kappa shape index (κ1) is 17.9. The molecule has 1 aromatic carbocycles. The van der Waals surface area contributed by atoms with Crippen LogP contribution in [0.4, 0.5) is 5.95 Å². The number of fused-ring (bicyclic) bond motifs is 1. The van der Waals surface area contributed by atoms with E-state index in [0.717, 1.165) is 19.5 Å². The number of benzene rings is 1. The van der Waals surface area contributed by atoms with Gasteiger partial charge in [0.25, 0.3) is 5.56 Å². The van der Waals surface area contributed by atoms with Gasteiger partial charge >= 0.3 is 5.69 Å². The zero-order valence-corrected chi connectivity index (χ0v) is 15.4. The lowest BCUT2D eigenvalue weighted by atomic mass is 10.1. The van der Waals surface area contributed by atoms with Crippen molar-refractivity contribution in [2.75, 3.05) is 32.5 Å². The molecule has 0 saturated carbocycles. The lowest BCUT2D eigenvalue weighted by Gasteiger charge is -2.12. The summed E-state index contributed by atoms with van der Waals surface area (Å²) < 4.78 is 3.24. The maximum atomic E-state index is 12.4. The molecule has 0 saturated heterocycles. The lowest BCUT2D eigenvalue weighted by molar-refractivity contribution is -0.856. The molecule has 8 heteroatoms. The molecule has 0 aliphatic rings. The summed E-state index contributed by atoms with van der Waals surface area (Å²) in [6, 6.07) is 10.1. The summed E-state index contributed by atoms with van der Waals surface area (Å²) in [7, 11) is 5.77. The van der Waals surface area contributed by atoms with Crippen LogP contribution in [0.1, 0.15) is 5.56 Å². The molecule has 0 spiro atoms. The number of H-pyrrole nitrogens is 1. The highest BCUT2D eigenvalue weighted by molar-refractivity contribution is 5.74. The quantitative estimate of drug-likeness (QED) is 0.518. The fraction of sp³-hybridized carbons (Fsp3) is 0.389. The highest BCUT2D eigenvalue weighted by Crippen LogP contribution is 2.16. The second-order valence-electron chi connectivity index (χ2n) is 6.70. The summed E-state index contributed by atoms with van der Waals surface area (Å²) in [4.78, 5) is 32.5. The van der Waals surface area contributed by atoms with E-state index in [4.69, 9.17) is 0 Å². The van der Waals surface area contributed by atoms with Crippen LogP contribution in [-0.2, 0) is 20.0 Å². The predicted octanol–water partition coefficient (Wildman–Crippen LogP) is -0.778. The zero-order valence-electron chi connectivity index (χ0n) is 15.4. The van der Waals surface area contributed by atoms with E-state index in [9.17, 15) is 9.59 Å². The van der Waals surface area contributed by atoms with E-state index in [2.05, 4.69) is 41.5 Å². The van der Waals surface area contributed by atoms with Crippen molar-refractivity contribution in [1.82, 2.24) is 19.1 Å². The Morgan fingerprint density at radius 2 is 1.92 bits per heavy atom. The van der Waals surface area contributed by atoms with Gasteiger partial charge in [0.05, 0.1) is 27.2 Å². The van der Waals surface area contributed by atoms with E-state index >= 15 is 0 Å². The van der Waals surface area contributed by atoms with E-state index < -0.39 is 11.2 Å². The van der Waals surface area contributed by atoms with Gasteiger partial charge in [-0.15, -0.1) is 0 Å².